The zero-order valence-corrected chi connectivity index (χ0v) is 16.9. The molecule has 1 heterocycles. The molecule has 1 saturated heterocycles. The van der Waals surface area contributed by atoms with Gasteiger partial charge in [-0.25, -0.2) is 0 Å². The van der Waals surface area contributed by atoms with Crippen molar-refractivity contribution in [1.29, 1.82) is 0 Å². The van der Waals surface area contributed by atoms with Gasteiger partial charge in [-0.3, -0.25) is 9.69 Å². The Bertz CT molecular complexity index is 706. The van der Waals surface area contributed by atoms with E-state index >= 15 is 0 Å². The van der Waals surface area contributed by atoms with E-state index in [2.05, 4.69) is 22.0 Å². The zero-order chi connectivity index (χ0) is 19.3. The van der Waals surface area contributed by atoms with Crippen LogP contribution < -0.4 is 10.2 Å². The molecule has 1 aliphatic heterocycles. The topological polar surface area (TPSA) is 55.8 Å². The second-order valence-electron chi connectivity index (χ2n) is 9.87. The van der Waals surface area contributed by atoms with Gasteiger partial charge in [0.25, 0.3) is 0 Å². The van der Waals surface area contributed by atoms with Crippen LogP contribution in [0.2, 0.25) is 0 Å². The van der Waals surface area contributed by atoms with Crippen molar-refractivity contribution in [3.63, 3.8) is 0 Å². The number of para-hydroxylation sites is 2. The molecule has 6 rings (SSSR count). The molecule has 1 amide bonds. The number of hydrogen-bond donors (Lipinski definition) is 2. The number of piperazine rings is 1. The summed E-state index contributed by atoms with van der Waals surface area (Å²) < 4.78 is 0. The summed E-state index contributed by atoms with van der Waals surface area (Å²) in [6.07, 6.45) is 7.83. The van der Waals surface area contributed by atoms with Gasteiger partial charge in [-0.2, -0.15) is 0 Å². The molecule has 1 aromatic rings. The van der Waals surface area contributed by atoms with Gasteiger partial charge in [0.15, 0.2) is 0 Å². The van der Waals surface area contributed by atoms with Crippen LogP contribution in [-0.4, -0.2) is 53.7 Å². The molecule has 0 aromatic heterocycles. The van der Waals surface area contributed by atoms with Crippen molar-refractivity contribution in [3.05, 3.63) is 24.3 Å². The average molecular weight is 384 g/mol. The number of carbonyl (C=O) groups excluding carboxylic acids is 1. The van der Waals surface area contributed by atoms with Crippen LogP contribution in [0.5, 0.6) is 5.75 Å². The Labute approximate surface area is 168 Å². The molecule has 0 unspecified atom stereocenters. The Morgan fingerprint density at radius 3 is 2.18 bits per heavy atom. The molecular weight excluding hydrogens is 350 g/mol. The van der Waals surface area contributed by atoms with E-state index in [0.717, 1.165) is 49.6 Å². The zero-order valence-electron chi connectivity index (χ0n) is 16.9. The summed E-state index contributed by atoms with van der Waals surface area (Å²) >= 11 is 0. The molecule has 28 heavy (non-hydrogen) atoms. The molecule has 1 aromatic carbocycles. The highest BCUT2D eigenvalue weighted by molar-refractivity contribution is 5.82. The van der Waals surface area contributed by atoms with Crippen LogP contribution in [0.25, 0.3) is 0 Å². The maximum Gasteiger partial charge on any atom is 0.237 e. The van der Waals surface area contributed by atoms with Crippen molar-refractivity contribution in [3.8, 4) is 5.75 Å². The van der Waals surface area contributed by atoms with Gasteiger partial charge in [-0.1, -0.05) is 12.1 Å². The predicted molar refractivity (Wildman–Crippen MR) is 110 cm³/mol. The Balaban J connectivity index is 1.19. The molecule has 4 bridgehead atoms. The second kappa shape index (κ2) is 6.94. The minimum atomic E-state index is -0.0838. The lowest BCUT2D eigenvalue weighted by molar-refractivity contribution is -0.131. The Hall–Kier alpha value is -1.75. The van der Waals surface area contributed by atoms with Crippen LogP contribution in [0.4, 0.5) is 5.69 Å². The minimum absolute atomic E-state index is 0.0838. The second-order valence-corrected chi connectivity index (χ2v) is 9.87. The quantitative estimate of drug-likeness (QED) is 0.839. The fourth-order valence-corrected chi connectivity index (χ4v) is 6.88. The number of hydrogen-bond acceptors (Lipinski definition) is 4. The molecule has 1 atom stereocenters. The van der Waals surface area contributed by atoms with Gasteiger partial charge in [0.2, 0.25) is 5.91 Å². The van der Waals surface area contributed by atoms with Crippen LogP contribution in [0, 0.1) is 17.8 Å². The summed E-state index contributed by atoms with van der Waals surface area (Å²) in [7, 11) is 0. The fourth-order valence-electron chi connectivity index (χ4n) is 6.88. The number of nitrogens with zero attached hydrogens (tertiary/aromatic N) is 2. The summed E-state index contributed by atoms with van der Waals surface area (Å²) in [5.74, 6) is 3.11. The van der Waals surface area contributed by atoms with Crippen LogP contribution in [0.15, 0.2) is 24.3 Å². The third kappa shape index (κ3) is 3.28. The van der Waals surface area contributed by atoms with Gasteiger partial charge in [0.1, 0.15) is 5.75 Å². The van der Waals surface area contributed by atoms with E-state index in [1.165, 1.54) is 38.5 Å². The molecule has 4 aliphatic carbocycles. The van der Waals surface area contributed by atoms with Crippen molar-refractivity contribution in [2.24, 2.45) is 17.8 Å². The molecule has 2 N–H and O–H groups in total. The van der Waals surface area contributed by atoms with E-state index < -0.39 is 0 Å². The number of phenols is 1. The van der Waals surface area contributed by atoms with Crippen LogP contribution in [0.1, 0.15) is 45.4 Å². The molecule has 5 aliphatic rings. The van der Waals surface area contributed by atoms with Crippen LogP contribution in [0.3, 0.4) is 0 Å². The summed E-state index contributed by atoms with van der Waals surface area (Å²) in [5.41, 5.74) is 0.991. The van der Waals surface area contributed by atoms with Crippen molar-refractivity contribution in [2.75, 3.05) is 31.1 Å². The summed E-state index contributed by atoms with van der Waals surface area (Å²) in [5, 5.41) is 13.6. The normalized spacial score (nSPS) is 35.8. The van der Waals surface area contributed by atoms with Crippen molar-refractivity contribution < 1.29 is 9.90 Å². The monoisotopic (exact) mass is 383 g/mol. The van der Waals surface area contributed by atoms with Gasteiger partial charge in [-0.05, 0) is 75.3 Å². The SMILES string of the molecule is C[C@@H](C(=O)NC12CC3CC(CC(C3)C1)C2)N1CCN(c2ccccc2O)CC1. The molecule has 5 nitrogen and oxygen atoms in total. The first-order chi connectivity index (χ1) is 13.5. The van der Waals surface area contributed by atoms with Gasteiger partial charge in [0.05, 0.1) is 11.7 Å². The first kappa shape index (κ1) is 18.3. The van der Waals surface area contributed by atoms with Crippen molar-refractivity contribution in [1.82, 2.24) is 10.2 Å². The van der Waals surface area contributed by atoms with Crippen molar-refractivity contribution in [2.45, 2.75) is 57.0 Å². The number of benzene rings is 1. The minimum Gasteiger partial charge on any atom is -0.506 e. The molecule has 0 radical (unpaired) electrons. The number of nitrogens with one attached hydrogen (secondary N) is 1. The lowest BCUT2D eigenvalue weighted by Crippen LogP contribution is -2.63. The van der Waals surface area contributed by atoms with Crippen molar-refractivity contribution >= 4 is 11.6 Å². The fraction of sp³-hybridized carbons (Fsp3) is 0.696. The molecule has 4 saturated carbocycles. The highest BCUT2D eigenvalue weighted by atomic mass is 16.3. The van der Waals surface area contributed by atoms with E-state index in [1.54, 1.807) is 6.07 Å². The van der Waals surface area contributed by atoms with Crippen LogP contribution >= 0.6 is 0 Å². The van der Waals surface area contributed by atoms with Crippen LogP contribution in [-0.2, 0) is 4.79 Å². The highest BCUT2D eigenvalue weighted by Crippen LogP contribution is 2.55. The highest BCUT2D eigenvalue weighted by Gasteiger charge is 2.51. The standard InChI is InChI=1S/C23H33N3O2/c1-16(25-6-8-26(9-7-25)20-4-2-3-5-21(20)27)22(28)24-23-13-17-10-18(14-23)12-19(11-17)15-23/h2-5,16-19,27H,6-15H2,1H3,(H,24,28)/t16-,17?,18?,19?,23?/m0/s1. The van der Waals surface area contributed by atoms with Gasteiger partial charge in [0, 0.05) is 31.7 Å². The molecule has 5 heteroatoms. The number of anilines is 1. The van der Waals surface area contributed by atoms with E-state index in [0.29, 0.717) is 5.75 Å². The van der Waals surface area contributed by atoms with E-state index in [-0.39, 0.29) is 17.5 Å². The van der Waals surface area contributed by atoms with E-state index in [4.69, 9.17) is 0 Å². The Kier molecular flexibility index (Phi) is 4.53. The van der Waals surface area contributed by atoms with Gasteiger partial charge in [-0.15, -0.1) is 0 Å². The van der Waals surface area contributed by atoms with Gasteiger partial charge >= 0.3 is 0 Å². The largest absolute Gasteiger partial charge is 0.506 e. The molecule has 5 fully saturated rings. The third-order valence-electron chi connectivity index (χ3n) is 7.89. The molecule has 152 valence electrons. The first-order valence-electron chi connectivity index (χ1n) is 11.1. The summed E-state index contributed by atoms with van der Waals surface area (Å²) in [4.78, 5) is 17.6. The first-order valence-corrected chi connectivity index (χ1v) is 11.1. The third-order valence-corrected chi connectivity index (χ3v) is 7.89. The predicted octanol–water partition coefficient (Wildman–Crippen LogP) is 2.99. The van der Waals surface area contributed by atoms with E-state index in [1.807, 2.05) is 18.2 Å². The van der Waals surface area contributed by atoms with Gasteiger partial charge < -0.3 is 15.3 Å². The number of amides is 1. The smallest absolute Gasteiger partial charge is 0.237 e. The molecule has 0 spiro atoms. The Morgan fingerprint density at radius 1 is 1.04 bits per heavy atom. The lowest BCUT2D eigenvalue weighted by atomic mass is 9.53. The maximum absolute atomic E-state index is 13.1. The number of rotatable bonds is 4. The number of aromatic hydroxyl groups is 1. The number of carbonyl (C=O) groups is 1. The van der Waals surface area contributed by atoms with E-state index in [9.17, 15) is 9.90 Å². The number of phenolic OH excluding ortho intramolecular Hbond substituents is 1. The Morgan fingerprint density at radius 2 is 1.61 bits per heavy atom. The maximum atomic E-state index is 13.1. The molecular formula is C23H33N3O2. The summed E-state index contributed by atoms with van der Waals surface area (Å²) in [6, 6.07) is 7.44. The average Bonchev–Trinajstić information content (AvgIpc) is 2.66. The lowest BCUT2D eigenvalue weighted by Gasteiger charge is -2.57. The summed E-state index contributed by atoms with van der Waals surface area (Å²) in [6.45, 7) is 5.44.